The Kier molecular flexibility index (Phi) is 20.9. The molecular formula is C28H54O2. The molecular weight excluding hydrogens is 368 g/mol. The molecule has 0 spiro atoms. The monoisotopic (exact) mass is 422 g/mol. The largest absolute Gasteiger partial charge is 0.481 e. The van der Waals surface area contributed by atoms with Gasteiger partial charge in [-0.3, -0.25) is 4.79 Å². The number of carbonyl (C=O) groups is 1. The molecule has 0 amide bonds. The van der Waals surface area contributed by atoms with Gasteiger partial charge in [0.1, 0.15) is 0 Å². The van der Waals surface area contributed by atoms with Crippen LogP contribution in [0, 0.1) is 17.8 Å². The number of unbranched alkanes of at least 4 members (excludes halogenated alkanes) is 9. The van der Waals surface area contributed by atoms with Crippen molar-refractivity contribution in [2.24, 2.45) is 17.8 Å². The molecule has 2 heteroatoms. The van der Waals surface area contributed by atoms with Crippen LogP contribution in [0.15, 0.2) is 12.2 Å². The van der Waals surface area contributed by atoms with Gasteiger partial charge in [-0.15, -0.1) is 0 Å². The highest BCUT2D eigenvalue weighted by Crippen LogP contribution is 2.28. The van der Waals surface area contributed by atoms with Gasteiger partial charge in [-0.25, -0.2) is 0 Å². The van der Waals surface area contributed by atoms with E-state index >= 15 is 0 Å². The number of carboxylic acids is 1. The van der Waals surface area contributed by atoms with Crippen LogP contribution in [0.3, 0.4) is 0 Å². The van der Waals surface area contributed by atoms with Gasteiger partial charge < -0.3 is 5.11 Å². The number of hydrogen-bond donors (Lipinski definition) is 1. The number of allylic oxidation sites excluding steroid dienone is 2. The Morgan fingerprint density at radius 2 is 1.30 bits per heavy atom. The quantitative estimate of drug-likeness (QED) is 0.139. The molecule has 1 N–H and O–H groups in total. The molecule has 2 nitrogen and oxygen atoms in total. The molecule has 0 fully saturated rings. The topological polar surface area (TPSA) is 37.3 Å². The van der Waals surface area contributed by atoms with Crippen LogP contribution in [0.5, 0.6) is 0 Å². The molecule has 0 aliphatic rings. The summed E-state index contributed by atoms with van der Waals surface area (Å²) in [6.07, 6.45) is 26.8. The summed E-state index contributed by atoms with van der Waals surface area (Å²) in [5.74, 6) is 0.398. The molecule has 0 radical (unpaired) electrons. The second-order valence-corrected chi connectivity index (χ2v) is 9.72. The zero-order valence-corrected chi connectivity index (χ0v) is 21.0. The Morgan fingerprint density at radius 1 is 0.700 bits per heavy atom. The van der Waals surface area contributed by atoms with E-state index in [1.807, 2.05) is 0 Å². The van der Waals surface area contributed by atoms with Crippen molar-refractivity contribution < 1.29 is 9.90 Å². The highest BCUT2D eigenvalue weighted by Gasteiger charge is 2.24. The van der Waals surface area contributed by atoms with E-state index in [0.717, 1.165) is 12.8 Å². The fraction of sp³-hybridized carbons (Fsp3) is 0.893. The van der Waals surface area contributed by atoms with Crippen molar-refractivity contribution in [3.05, 3.63) is 12.2 Å². The lowest BCUT2D eigenvalue weighted by molar-refractivity contribution is -0.143. The van der Waals surface area contributed by atoms with Crippen molar-refractivity contribution in [2.45, 2.75) is 143 Å². The van der Waals surface area contributed by atoms with Gasteiger partial charge in [0, 0.05) is 0 Å². The molecule has 0 bridgehead atoms. The first kappa shape index (κ1) is 29.2. The highest BCUT2D eigenvalue weighted by molar-refractivity contribution is 5.69. The maximum atomic E-state index is 11.8. The lowest BCUT2D eigenvalue weighted by Crippen LogP contribution is -2.20. The molecule has 0 saturated carbocycles. The van der Waals surface area contributed by atoms with E-state index in [1.54, 1.807) is 0 Å². The van der Waals surface area contributed by atoms with Crippen LogP contribution in [0.4, 0.5) is 0 Å². The predicted molar refractivity (Wildman–Crippen MR) is 133 cm³/mol. The van der Waals surface area contributed by atoms with E-state index in [4.69, 9.17) is 0 Å². The van der Waals surface area contributed by atoms with Gasteiger partial charge in [-0.1, -0.05) is 117 Å². The normalized spacial score (nSPS) is 14.8. The Labute approximate surface area is 189 Å². The summed E-state index contributed by atoms with van der Waals surface area (Å²) in [6, 6.07) is 0. The third-order valence-electron chi connectivity index (χ3n) is 6.53. The first-order chi connectivity index (χ1) is 14.5. The van der Waals surface area contributed by atoms with Crippen LogP contribution in [0.25, 0.3) is 0 Å². The second-order valence-electron chi connectivity index (χ2n) is 9.72. The maximum Gasteiger partial charge on any atom is 0.306 e. The smallest absolute Gasteiger partial charge is 0.306 e. The molecule has 0 aromatic heterocycles. The molecule has 0 rings (SSSR count). The van der Waals surface area contributed by atoms with Gasteiger partial charge in [-0.2, -0.15) is 0 Å². The van der Waals surface area contributed by atoms with Crippen molar-refractivity contribution in [1.29, 1.82) is 0 Å². The Hall–Kier alpha value is -0.790. The van der Waals surface area contributed by atoms with Crippen molar-refractivity contribution in [2.75, 3.05) is 0 Å². The standard InChI is InChI=1S/C28H54O2/c1-5-8-10-11-12-13-14-15-16-17-18-19-21-25(4)23-27(28(29)30)24-26(20-7-3)22-9-6-2/h15-16,25-27H,5-14,17-24H2,1-4H3,(H,29,30)/b16-15-. The lowest BCUT2D eigenvalue weighted by atomic mass is 9.82. The first-order valence-electron chi connectivity index (χ1n) is 13.4. The molecule has 3 unspecified atom stereocenters. The number of hydrogen-bond acceptors (Lipinski definition) is 1. The van der Waals surface area contributed by atoms with Crippen molar-refractivity contribution in [3.63, 3.8) is 0 Å². The van der Waals surface area contributed by atoms with Gasteiger partial charge in [0.25, 0.3) is 0 Å². The van der Waals surface area contributed by atoms with Gasteiger partial charge in [0.15, 0.2) is 0 Å². The molecule has 0 aromatic rings. The highest BCUT2D eigenvalue weighted by atomic mass is 16.4. The minimum absolute atomic E-state index is 0.148. The van der Waals surface area contributed by atoms with Crippen molar-refractivity contribution in [1.82, 2.24) is 0 Å². The van der Waals surface area contributed by atoms with E-state index in [-0.39, 0.29) is 5.92 Å². The van der Waals surface area contributed by atoms with E-state index < -0.39 is 5.97 Å². The molecule has 30 heavy (non-hydrogen) atoms. The number of aliphatic carboxylic acids is 1. The number of carboxylic acid groups (broad SMARTS) is 1. The van der Waals surface area contributed by atoms with Gasteiger partial charge in [-0.05, 0) is 50.4 Å². The van der Waals surface area contributed by atoms with Gasteiger partial charge in [0.2, 0.25) is 0 Å². The van der Waals surface area contributed by atoms with Crippen LogP contribution in [-0.2, 0) is 4.79 Å². The average molecular weight is 423 g/mol. The van der Waals surface area contributed by atoms with Crippen molar-refractivity contribution >= 4 is 5.97 Å². The zero-order chi connectivity index (χ0) is 22.5. The summed E-state index contributed by atoms with van der Waals surface area (Å²) in [5.41, 5.74) is 0. The van der Waals surface area contributed by atoms with Crippen LogP contribution in [0.2, 0.25) is 0 Å². The van der Waals surface area contributed by atoms with Crippen LogP contribution in [-0.4, -0.2) is 11.1 Å². The molecule has 0 aromatic carbocycles. The summed E-state index contributed by atoms with van der Waals surface area (Å²) < 4.78 is 0. The van der Waals surface area contributed by atoms with Crippen LogP contribution >= 0.6 is 0 Å². The number of rotatable bonds is 22. The third kappa shape index (κ3) is 18.0. The molecule has 3 atom stereocenters. The fourth-order valence-electron chi connectivity index (χ4n) is 4.62. The predicted octanol–water partition coefficient (Wildman–Crippen LogP) is 9.58. The average Bonchev–Trinajstić information content (AvgIpc) is 2.72. The zero-order valence-electron chi connectivity index (χ0n) is 21.0. The molecule has 0 heterocycles. The molecule has 0 saturated heterocycles. The summed E-state index contributed by atoms with van der Waals surface area (Å²) in [7, 11) is 0. The maximum absolute atomic E-state index is 11.8. The lowest BCUT2D eigenvalue weighted by Gasteiger charge is -2.23. The van der Waals surface area contributed by atoms with Gasteiger partial charge >= 0.3 is 5.97 Å². The Morgan fingerprint density at radius 3 is 1.90 bits per heavy atom. The minimum atomic E-state index is -0.572. The van der Waals surface area contributed by atoms with E-state index in [9.17, 15) is 9.90 Å². The second kappa shape index (κ2) is 21.4. The molecule has 0 aliphatic heterocycles. The minimum Gasteiger partial charge on any atom is -0.481 e. The summed E-state index contributed by atoms with van der Waals surface area (Å²) in [5, 5.41) is 9.73. The van der Waals surface area contributed by atoms with E-state index in [1.165, 1.54) is 103 Å². The van der Waals surface area contributed by atoms with Gasteiger partial charge in [0.05, 0.1) is 5.92 Å². The molecule has 0 aliphatic carbocycles. The first-order valence-corrected chi connectivity index (χ1v) is 13.4. The summed E-state index contributed by atoms with van der Waals surface area (Å²) >= 11 is 0. The fourth-order valence-corrected chi connectivity index (χ4v) is 4.62. The Bertz CT molecular complexity index is 401. The summed E-state index contributed by atoms with van der Waals surface area (Å²) in [4.78, 5) is 11.8. The van der Waals surface area contributed by atoms with Crippen LogP contribution in [0.1, 0.15) is 143 Å². The van der Waals surface area contributed by atoms with Crippen LogP contribution < -0.4 is 0 Å². The summed E-state index contributed by atoms with van der Waals surface area (Å²) in [6.45, 7) is 8.97. The third-order valence-corrected chi connectivity index (χ3v) is 6.53. The Balaban J connectivity index is 3.95. The SMILES string of the molecule is CCCCCCCC/C=C\CCCCC(C)CC(CC(CCC)CCCC)C(=O)O. The van der Waals surface area contributed by atoms with Crippen molar-refractivity contribution in [3.8, 4) is 0 Å². The van der Waals surface area contributed by atoms with E-state index in [0.29, 0.717) is 11.8 Å². The van der Waals surface area contributed by atoms with E-state index in [2.05, 4.69) is 39.8 Å². The molecule has 178 valence electrons.